The maximum atomic E-state index is 12.9. The molecular formula is C20H24N2O3S2. The van der Waals surface area contributed by atoms with Gasteiger partial charge in [-0.3, -0.25) is 9.69 Å². The smallest absolute Gasteiger partial charge is 0.338 e. The quantitative estimate of drug-likeness (QED) is 0.542. The Balaban J connectivity index is 2.05. The van der Waals surface area contributed by atoms with Crippen LogP contribution in [0.4, 0.5) is 0 Å². The summed E-state index contributed by atoms with van der Waals surface area (Å²) in [4.78, 5) is 33.1. The van der Waals surface area contributed by atoms with Gasteiger partial charge in [0, 0.05) is 4.90 Å². The Morgan fingerprint density at radius 1 is 1.33 bits per heavy atom. The number of aliphatic imine (C=N–C) groups is 1. The summed E-state index contributed by atoms with van der Waals surface area (Å²) in [6.45, 7) is 8.00. The lowest BCUT2D eigenvalue weighted by molar-refractivity contribution is -0.141. The van der Waals surface area contributed by atoms with Crippen LogP contribution in [0.15, 0.2) is 45.4 Å². The van der Waals surface area contributed by atoms with Crippen LogP contribution in [0.25, 0.3) is 0 Å². The normalized spacial score (nSPS) is 22.2. The molecule has 2 heterocycles. The molecule has 2 aliphatic rings. The average molecular weight is 405 g/mol. The van der Waals surface area contributed by atoms with Crippen molar-refractivity contribution in [2.75, 3.05) is 12.9 Å². The molecule has 1 fully saturated rings. The van der Waals surface area contributed by atoms with E-state index in [0.717, 1.165) is 10.5 Å². The van der Waals surface area contributed by atoms with E-state index in [1.165, 1.54) is 11.8 Å². The fourth-order valence-electron chi connectivity index (χ4n) is 3.09. The van der Waals surface area contributed by atoms with E-state index in [9.17, 15) is 9.59 Å². The van der Waals surface area contributed by atoms with Crippen LogP contribution in [-0.2, 0) is 14.3 Å². The highest BCUT2D eigenvalue weighted by Gasteiger charge is 2.46. The van der Waals surface area contributed by atoms with Crippen LogP contribution in [0, 0.1) is 5.92 Å². The number of fused-ring (bicyclic) bond motifs is 1. The highest BCUT2D eigenvalue weighted by molar-refractivity contribution is 8.15. The van der Waals surface area contributed by atoms with Crippen molar-refractivity contribution in [3.05, 3.63) is 41.1 Å². The second kappa shape index (κ2) is 8.10. The number of rotatable bonds is 5. The maximum absolute atomic E-state index is 12.9. The predicted molar refractivity (Wildman–Crippen MR) is 111 cm³/mol. The molecule has 144 valence electrons. The minimum absolute atomic E-state index is 0.0284. The van der Waals surface area contributed by atoms with Crippen LogP contribution >= 0.6 is 23.5 Å². The van der Waals surface area contributed by atoms with E-state index < -0.39 is 12.0 Å². The SMILES string of the molecule is CSc1ccc([C@H]2C(C(=O)OCC(C)C)=C(C)N=C3S[C@H](C)C(=O)N32)cc1. The summed E-state index contributed by atoms with van der Waals surface area (Å²) in [6.07, 6.45) is 2.02. The Morgan fingerprint density at radius 2 is 2.00 bits per heavy atom. The van der Waals surface area contributed by atoms with Gasteiger partial charge < -0.3 is 4.74 Å². The largest absolute Gasteiger partial charge is 0.462 e. The van der Waals surface area contributed by atoms with Crippen molar-refractivity contribution in [3.8, 4) is 0 Å². The number of nitrogens with zero attached hydrogens (tertiary/aromatic N) is 2. The van der Waals surface area contributed by atoms with Crippen molar-refractivity contribution >= 4 is 40.6 Å². The van der Waals surface area contributed by atoms with Gasteiger partial charge >= 0.3 is 5.97 Å². The molecule has 7 heteroatoms. The van der Waals surface area contributed by atoms with Gasteiger partial charge in [0.15, 0.2) is 5.17 Å². The number of allylic oxidation sites excluding steroid dienone is 1. The molecule has 1 amide bonds. The molecule has 3 rings (SSSR count). The van der Waals surface area contributed by atoms with E-state index >= 15 is 0 Å². The van der Waals surface area contributed by atoms with Gasteiger partial charge in [-0.2, -0.15) is 0 Å². The van der Waals surface area contributed by atoms with Crippen LogP contribution in [0.2, 0.25) is 0 Å². The molecule has 0 aliphatic carbocycles. The Labute approximate surface area is 168 Å². The van der Waals surface area contributed by atoms with E-state index in [1.54, 1.807) is 16.7 Å². The fourth-order valence-corrected chi connectivity index (χ4v) is 4.52. The number of hydrogen-bond acceptors (Lipinski definition) is 6. The number of amides is 1. The Morgan fingerprint density at radius 3 is 2.59 bits per heavy atom. The van der Waals surface area contributed by atoms with Gasteiger partial charge in [-0.1, -0.05) is 37.7 Å². The lowest BCUT2D eigenvalue weighted by atomic mass is 9.94. The van der Waals surface area contributed by atoms with Crippen LogP contribution in [0.3, 0.4) is 0 Å². The summed E-state index contributed by atoms with van der Waals surface area (Å²) in [5.74, 6) is -0.194. The van der Waals surface area contributed by atoms with Crippen molar-refractivity contribution in [1.29, 1.82) is 0 Å². The summed E-state index contributed by atoms with van der Waals surface area (Å²) in [5, 5.41) is 0.444. The Hall–Kier alpha value is -1.73. The maximum Gasteiger partial charge on any atom is 0.338 e. The first-order valence-electron chi connectivity index (χ1n) is 8.93. The van der Waals surface area contributed by atoms with Crippen LogP contribution in [0.1, 0.15) is 39.3 Å². The molecule has 1 aromatic carbocycles. The second-order valence-electron chi connectivity index (χ2n) is 7.03. The van der Waals surface area contributed by atoms with Crippen molar-refractivity contribution in [2.24, 2.45) is 10.9 Å². The summed E-state index contributed by atoms with van der Waals surface area (Å²) in [6, 6.07) is 7.47. The van der Waals surface area contributed by atoms with Crippen LogP contribution < -0.4 is 0 Å². The average Bonchev–Trinajstić information content (AvgIpc) is 2.92. The first-order chi connectivity index (χ1) is 12.8. The Kier molecular flexibility index (Phi) is 6.01. The molecule has 27 heavy (non-hydrogen) atoms. The third kappa shape index (κ3) is 3.94. The van der Waals surface area contributed by atoms with Gasteiger partial charge in [-0.05, 0) is 43.7 Å². The molecule has 0 aromatic heterocycles. The number of benzene rings is 1. The summed E-state index contributed by atoms with van der Waals surface area (Å²) >= 11 is 3.09. The second-order valence-corrected chi connectivity index (χ2v) is 9.22. The Bertz CT molecular complexity index is 815. The van der Waals surface area contributed by atoms with E-state index in [4.69, 9.17) is 4.74 Å². The van der Waals surface area contributed by atoms with Crippen molar-refractivity contribution < 1.29 is 14.3 Å². The third-order valence-electron chi connectivity index (χ3n) is 4.46. The highest BCUT2D eigenvalue weighted by atomic mass is 32.2. The fraction of sp³-hybridized carbons (Fsp3) is 0.450. The van der Waals surface area contributed by atoms with E-state index in [-0.39, 0.29) is 17.1 Å². The molecule has 1 saturated heterocycles. The van der Waals surface area contributed by atoms with E-state index in [1.807, 2.05) is 58.2 Å². The minimum atomic E-state index is -0.502. The molecule has 0 saturated carbocycles. The van der Waals surface area contributed by atoms with E-state index in [2.05, 4.69) is 4.99 Å². The molecule has 0 N–H and O–H groups in total. The molecule has 2 aliphatic heterocycles. The van der Waals surface area contributed by atoms with Gasteiger partial charge in [-0.25, -0.2) is 9.79 Å². The van der Waals surface area contributed by atoms with Gasteiger partial charge in [-0.15, -0.1) is 11.8 Å². The first kappa shape index (κ1) is 20.0. The standard InChI is InChI=1S/C20H24N2O3S2/c1-11(2)10-25-19(24)16-12(3)21-20-22(18(23)13(4)27-20)17(16)14-6-8-15(26-5)9-7-14/h6-9,11,13,17H,10H2,1-5H3/t13-,17+/m1/s1. The zero-order chi connectivity index (χ0) is 19.7. The topological polar surface area (TPSA) is 59.0 Å². The number of hydrogen-bond donors (Lipinski definition) is 0. The summed E-state index contributed by atoms with van der Waals surface area (Å²) in [7, 11) is 0. The van der Waals surface area contributed by atoms with Gasteiger partial charge in [0.05, 0.1) is 29.2 Å². The third-order valence-corrected chi connectivity index (χ3v) is 6.26. The van der Waals surface area contributed by atoms with Crippen molar-refractivity contribution in [1.82, 2.24) is 4.90 Å². The van der Waals surface area contributed by atoms with Gasteiger partial charge in [0.2, 0.25) is 5.91 Å². The summed E-state index contributed by atoms with van der Waals surface area (Å²) < 4.78 is 5.51. The molecule has 0 spiro atoms. The lowest BCUT2D eigenvalue weighted by Gasteiger charge is -2.33. The molecule has 5 nitrogen and oxygen atoms in total. The van der Waals surface area contributed by atoms with Crippen molar-refractivity contribution in [3.63, 3.8) is 0 Å². The van der Waals surface area contributed by atoms with E-state index in [0.29, 0.717) is 23.0 Å². The summed E-state index contributed by atoms with van der Waals surface area (Å²) in [5.41, 5.74) is 1.95. The minimum Gasteiger partial charge on any atom is -0.462 e. The number of amidine groups is 1. The lowest BCUT2D eigenvalue weighted by Crippen LogP contribution is -2.40. The first-order valence-corrected chi connectivity index (χ1v) is 11.0. The van der Waals surface area contributed by atoms with Crippen molar-refractivity contribution in [2.45, 2.75) is 43.9 Å². The number of carbonyl (C=O) groups is 2. The number of ether oxygens (including phenoxy) is 1. The van der Waals surface area contributed by atoms with Crippen LogP contribution in [-0.4, -0.2) is 40.1 Å². The number of esters is 1. The number of carbonyl (C=O) groups excluding carboxylic acids is 2. The monoisotopic (exact) mass is 404 g/mol. The molecule has 0 radical (unpaired) electrons. The molecule has 1 aromatic rings. The predicted octanol–water partition coefficient (Wildman–Crippen LogP) is 4.26. The molecular weight excluding hydrogens is 380 g/mol. The zero-order valence-corrected chi connectivity index (χ0v) is 17.8. The molecule has 2 atom stereocenters. The highest BCUT2D eigenvalue weighted by Crippen LogP contribution is 2.43. The van der Waals surface area contributed by atoms with Gasteiger partial charge in [0.25, 0.3) is 0 Å². The van der Waals surface area contributed by atoms with Crippen LogP contribution in [0.5, 0.6) is 0 Å². The molecule has 0 unspecified atom stereocenters. The number of thioether (sulfide) groups is 2. The van der Waals surface area contributed by atoms with Gasteiger partial charge in [0.1, 0.15) is 0 Å². The molecule has 0 bridgehead atoms. The zero-order valence-electron chi connectivity index (χ0n) is 16.2.